The Morgan fingerprint density at radius 3 is 2.48 bits per heavy atom. The molecule has 1 heterocycles. The summed E-state index contributed by atoms with van der Waals surface area (Å²) in [6.07, 6.45) is 0.249. The van der Waals surface area contributed by atoms with Gasteiger partial charge in [-0.05, 0) is 24.3 Å². The van der Waals surface area contributed by atoms with Crippen molar-refractivity contribution in [1.82, 2.24) is 14.5 Å². The molecule has 3 aromatic rings. The van der Waals surface area contributed by atoms with Crippen molar-refractivity contribution in [2.75, 3.05) is 13.2 Å². The van der Waals surface area contributed by atoms with Crippen LogP contribution in [0.3, 0.4) is 0 Å². The average molecular weight is 339 g/mol. The van der Waals surface area contributed by atoms with Crippen LogP contribution in [-0.4, -0.2) is 28.2 Å². The van der Waals surface area contributed by atoms with Gasteiger partial charge in [0.15, 0.2) is 0 Å². The predicted molar refractivity (Wildman–Crippen MR) is 96.7 cm³/mol. The van der Waals surface area contributed by atoms with Crippen LogP contribution in [0.4, 0.5) is 0 Å². The molecule has 0 unspecified atom stereocenters. The van der Waals surface area contributed by atoms with Gasteiger partial charge in [-0.2, -0.15) is 0 Å². The Morgan fingerprint density at radius 1 is 1.04 bits per heavy atom. The van der Waals surface area contributed by atoms with Gasteiger partial charge in [0.05, 0.1) is 17.6 Å². The first-order chi connectivity index (χ1) is 12.2. The van der Waals surface area contributed by atoms with Crippen molar-refractivity contribution < 1.29 is 9.53 Å². The highest BCUT2D eigenvalue weighted by atomic mass is 16.5. The smallest absolute Gasteiger partial charge is 0.328 e. The first-order valence-corrected chi connectivity index (χ1v) is 8.25. The standard InChI is InChI=1S/C19H21N3O3/c1-21-16-9-5-6-10-17(16)22(19(21)24)13-11-18(23)20-12-14-25-15-7-3-2-4-8-15/h2-10H,11-14H2,1H3,(H,20,23). The van der Waals surface area contributed by atoms with Crippen molar-refractivity contribution in [2.45, 2.75) is 13.0 Å². The zero-order valence-corrected chi connectivity index (χ0v) is 14.1. The number of hydrogen-bond donors (Lipinski definition) is 1. The molecule has 1 N–H and O–H groups in total. The van der Waals surface area contributed by atoms with E-state index in [9.17, 15) is 9.59 Å². The van der Waals surface area contributed by atoms with E-state index in [-0.39, 0.29) is 18.0 Å². The molecule has 0 radical (unpaired) electrons. The average Bonchev–Trinajstić information content (AvgIpc) is 2.89. The third-order valence-electron chi connectivity index (χ3n) is 4.05. The zero-order chi connectivity index (χ0) is 17.6. The quantitative estimate of drug-likeness (QED) is 0.669. The summed E-state index contributed by atoms with van der Waals surface area (Å²) in [7, 11) is 1.74. The van der Waals surface area contributed by atoms with E-state index < -0.39 is 0 Å². The minimum absolute atomic E-state index is 0.100. The van der Waals surface area contributed by atoms with Crippen molar-refractivity contribution in [3.8, 4) is 5.75 Å². The number of aryl methyl sites for hydroxylation is 2. The topological polar surface area (TPSA) is 65.3 Å². The van der Waals surface area contributed by atoms with Gasteiger partial charge in [-0.25, -0.2) is 4.79 Å². The van der Waals surface area contributed by atoms with Crippen molar-refractivity contribution in [3.63, 3.8) is 0 Å². The number of para-hydroxylation sites is 3. The van der Waals surface area contributed by atoms with Crippen molar-refractivity contribution in [1.29, 1.82) is 0 Å². The number of hydrogen-bond acceptors (Lipinski definition) is 3. The molecule has 1 amide bonds. The fourth-order valence-electron chi connectivity index (χ4n) is 2.76. The lowest BCUT2D eigenvalue weighted by molar-refractivity contribution is -0.121. The largest absolute Gasteiger partial charge is 0.492 e. The molecule has 0 saturated carbocycles. The van der Waals surface area contributed by atoms with E-state index in [4.69, 9.17) is 4.74 Å². The van der Waals surface area contributed by atoms with Crippen molar-refractivity contribution >= 4 is 16.9 Å². The summed E-state index contributed by atoms with van der Waals surface area (Å²) >= 11 is 0. The van der Waals surface area contributed by atoms with Crippen LogP contribution in [-0.2, 0) is 18.4 Å². The SMILES string of the molecule is Cn1c(=O)n(CCC(=O)NCCOc2ccccc2)c2ccccc21. The van der Waals surface area contributed by atoms with Crippen LogP contribution in [0, 0.1) is 0 Å². The Kier molecular flexibility index (Phi) is 5.18. The summed E-state index contributed by atoms with van der Waals surface area (Å²) in [5.41, 5.74) is 1.60. The summed E-state index contributed by atoms with van der Waals surface area (Å²) in [6.45, 7) is 1.19. The number of carbonyl (C=O) groups is 1. The number of nitrogens with one attached hydrogen (secondary N) is 1. The van der Waals surface area contributed by atoms with Gasteiger partial charge in [0.2, 0.25) is 5.91 Å². The van der Waals surface area contributed by atoms with Crippen LogP contribution in [0.2, 0.25) is 0 Å². The van der Waals surface area contributed by atoms with Crippen LogP contribution < -0.4 is 15.7 Å². The molecule has 0 fully saturated rings. The Bertz CT molecular complexity index is 913. The second-order valence-electron chi connectivity index (χ2n) is 5.74. The van der Waals surface area contributed by atoms with Crippen LogP contribution in [0.25, 0.3) is 11.0 Å². The van der Waals surface area contributed by atoms with Crippen LogP contribution in [0.5, 0.6) is 5.75 Å². The first kappa shape index (κ1) is 16.8. The number of amides is 1. The molecule has 0 atom stereocenters. The van der Waals surface area contributed by atoms with E-state index in [1.54, 1.807) is 16.2 Å². The molecule has 2 aromatic carbocycles. The molecular formula is C19H21N3O3. The maximum Gasteiger partial charge on any atom is 0.328 e. The second-order valence-corrected chi connectivity index (χ2v) is 5.74. The number of carbonyl (C=O) groups excluding carboxylic acids is 1. The summed E-state index contributed by atoms with van der Waals surface area (Å²) in [5, 5.41) is 2.81. The molecule has 0 spiro atoms. The summed E-state index contributed by atoms with van der Waals surface area (Å²) in [4.78, 5) is 24.3. The number of imidazole rings is 1. The number of rotatable bonds is 7. The molecule has 1 aromatic heterocycles. The third kappa shape index (κ3) is 3.91. The number of fused-ring (bicyclic) bond motifs is 1. The number of benzene rings is 2. The lowest BCUT2D eigenvalue weighted by Crippen LogP contribution is -2.30. The van der Waals surface area contributed by atoms with Gasteiger partial charge in [-0.1, -0.05) is 30.3 Å². The number of ether oxygens (including phenoxy) is 1. The highest BCUT2D eigenvalue weighted by molar-refractivity contribution is 5.77. The monoisotopic (exact) mass is 339 g/mol. The van der Waals surface area contributed by atoms with Crippen LogP contribution in [0.1, 0.15) is 6.42 Å². The lowest BCUT2D eigenvalue weighted by Gasteiger charge is -2.08. The van der Waals surface area contributed by atoms with Gasteiger partial charge in [0.1, 0.15) is 12.4 Å². The molecule has 6 heteroatoms. The van der Waals surface area contributed by atoms with Crippen LogP contribution in [0.15, 0.2) is 59.4 Å². The molecule has 25 heavy (non-hydrogen) atoms. The highest BCUT2D eigenvalue weighted by Crippen LogP contribution is 2.11. The Hall–Kier alpha value is -3.02. The maximum atomic E-state index is 12.3. The van der Waals surface area contributed by atoms with Gasteiger partial charge in [0.25, 0.3) is 0 Å². The molecule has 0 bridgehead atoms. The van der Waals surface area contributed by atoms with E-state index in [1.807, 2.05) is 54.6 Å². The minimum atomic E-state index is -0.110. The van der Waals surface area contributed by atoms with E-state index in [0.717, 1.165) is 16.8 Å². The summed E-state index contributed by atoms with van der Waals surface area (Å²) in [6, 6.07) is 17.0. The third-order valence-corrected chi connectivity index (χ3v) is 4.05. The van der Waals surface area contributed by atoms with Gasteiger partial charge in [-0.3, -0.25) is 13.9 Å². The Labute approximate surface area is 145 Å². The molecule has 0 aliphatic carbocycles. The maximum absolute atomic E-state index is 12.3. The molecule has 130 valence electrons. The molecule has 3 rings (SSSR count). The zero-order valence-electron chi connectivity index (χ0n) is 14.1. The normalized spacial score (nSPS) is 10.8. The Morgan fingerprint density at radius 2 is 1.72 bits per heavy atom. The fourth-order valence-corrected chi connectivity index (χ4v) is 2.76. The highest BCUT2D eigenvalue weighted by Gasteiger charge is 2.11. The van der Waals surface area contributed by atoms with Crippen molar-refractivity contribution in [3.05, 3.63) is 65.1 Å². The predicted octanol–water partition coefficient (Wildman–Crippen LogP) is 1.93. The van der Waals surface area contributed by atoms with Gasteiger partial charge in [0, 0.05) is 20.0 Å². The Balaban J connectivity index is 1.50. The number of aromatic nitrogens is 2. The molecule has 0 aliphatic rings. The molecule has 0 aliphatic heterocycles. The molecule has 0 saturated heterocycles. The van der Waals surface area contributed by atoms with Crippen molar-refractivity contribution in [2.24, 2.45) is 7.05 Å². The minimum Gasteiger partial charge on any atom is -0.492 e. The summed E-state index contributed by atoms with van der Waals surface area (Å²) in [5.74, 6) is 0.676. The second kappa shape index (κ2) is 7.70. The molecular weight excluding hydrogens is 318 g/mol. The van der Waals surface area contributed by atoms with Gasteiger partial charge >= 0.3 is 5.69 Å². The van der Waals surface area contributed by atoms with E-state index in [1.165, 1.54) is 0 Å². The van der Waals surface area contributed by atoms with E-state index in [0.29, 0.717) is 19.7 Å². The van der Waals surface area contributed by atoms with Gasteiger partial charge < -0.3 is 10.1 Å². The fraction of sp³-hybridized carbons (Fsp3) is 0.263. The van der Waals surface area contributed by atoms with E-state index >= 15 is 0 Å². The van der Waals surface area contributed by atoms with Gasteiger partial charge in [-0.15, -0.1) is 0 Å². The number of nitrogens with zero attached hydrogens (tertiary/aromatic N) is 2. The molecule has 6 nitrogen and oxygen atoms in total. The first-order valence-electron chi connectivity index (χ1n) is 8.25. The lowest BCUT2D eigenvalue weighted by atomic mass is 10.3. The summed E-state index contributed by atoms with van der Waals surface area (Å²) < 4.78 is 8.76. The van der Waals surface area contributed by atoms with E-state index in [2.05, 4.69) is 5.32 Å². The van der Waals surface area contributed by atoms with Crippen LogP contribution >= 0.6 is 0 Å².